The van der Waals surface area contributed by atoms with E-state index in [0.717, 1.165) is 64.7 Å². The van der Waals surface area contributed by atoms with E-state index in [1.807, 2.05) is 6.20 Å². The number of hydrogen-bond acceptors (Lipinski definition) is 4. The molecule has 33 heavy (non-hydrogen) atoms. The molecule has 0 spiro atoms. The Kier molecular flexibility index (Phi) is 5.62. The summed E-state index contributed by atoms with van der Waals surface area (Å²) in [6.45, 7) is 2.13. The zero-order valence-electron chi connectivity index (χ0n) is 18.4. The lowest BCUT2D eigenvalue weighted by Crippen LogP contribution is -2.14. The summed E-state index contributed by atoms with van der Waals surface area (Å²) >= 11 is 3.66. The molecule has 6 rings (SSSR count). The van der Waals surface area contributed by atoms with Crippen LogP contribution in [0.15, 0.2) is 59.3 Å². The Labute approximate surface area is 201 Å². The molecule has 0 saturated carbocycles. The van der Waals surface area contributed by atoms with Crippen LogP contribution in [0.2, 0.25) is 0 Å². The number of imidazole rings is 2. The molecule has 2 aliphatic heterocycles. The Bertz CT molecular complexity index is 1230. The Balaban J connectivity index is 1.19. The smallest absolute Gasteiger partial charge is 0.124 e. The van der Waals surface area contributed by atoms with Crippen LogP contribution in [0.4, 0.5) is 0 Å². The van der Waals surface area contributed by atoms with Gasteiger partial charge in [0.05, 0.1) is 24.0 Å². The molecule has 2 saturated heterocycles. The first kappa shape index (κ1) is 20.8. The molecule has 6 nitrogen and oxygen atoms in total. The molecule has 0 amide bonds. The first-order valence-corrected chi connectivity index (χ1v) is 12.5. The van der Waals surface area contributed by atoms with Crippen LogP contribution in [0.1, 0.15) is 49.4 Å². The lowest BCUT2D eigenvalue weighted by Gasteiger charge is -2.07. The molecule has 0 radical (unpaired) electrons. The summed E-state index contributed by atoms with van der Waals surface area (Å²) in [6, 6.07) is 18.0. The van der Waals surface area contributed by atoms with Gasteiger partial charge in [0.25, 0.3) is 0 Å². The second-order valence-corrected chi connectivity index (χ2v) is 9.71. The van der Waals surface area contributed by atoms with Gasteiger partial charge in [-0.3, -0.25) is 0 Å². The van der Waals surface area contributed by atoms with Gasteiger partial charge in [0, 0.05) is 5.56 Å². The van der Waals surface area contributed by atoms with Gasteiger partial charge < -0.3 is 20.6 Å². The number of aromatic nitrogens is 4. The highest BCUT2D eigenvalue weighted by molar-refractivity contribution is 9.10. The third-order valence-electron chi connectivity index (χ3n) is 6.74. The van der Waals surface area contributed by atoms with Gasteiger partial charge in [0.2, 0.25) is 0 Å². The number of H-pyrrole nitrogens is 2. The number of rotatable bonds is 5. The first-order valence-electron chi connectivity index (χ1n) is 11.7. The van der Waals surface area contributed by atoms with Gasteiger partial charge in [-0.15, -0.1) is 0 Å². The van der Waals surface area contributed by atoms with E-state index < -0.39 is 0 Å². The van der Waals surface area contributed by atoms with E-state index >= 15 is 0 Å². The quantitative estimate of drug-likeness (QED) is 0.280. The molecule has 2 aliphatic rings. The monoisotopic (exact) mass is 502 g/mol. The average molecular weight is 503 g/mol. The van der Waals surface area contributed by atoms with Crippen molar-refractivity contribution in [1.29, 1.82) is 0 Å². The molecular weight excluding hydrogens is 476 g/mol. The standard InChI is InChI=1S/C26H27BrN6/c27-24-23(32-26(33-24)21-4-2-14-29-21)19-11-7-17(8-12-19)16-5-9-18(10-6-16)22-15-30-25(31-22)20-3-1-13-28-20/h5-12,15,20-21,28-29H,1-4,13-14H2,(H,30,31)(H,32,33)/t20-,21-/m0/s1. The zero-order chi connectivity index (χ0) is 22.2. The number of hydrogen-bond donors (Lipinski definition) is 4. The maximum Gasteiger partial charge on any atom is 0.124 e. The lowest BCUT2D eigenvalue weighted by molar-refractivity contribution is 0.612. The van der Waals surface area contributed by atoms with Crippen LogP contribution >= 0.6 is 15.9 Å². The van der Waals surface area contributed by atoms with Crippen molar-refractivity contribution in [3.05, 3.63) is 71.0 Å². The van der Waals surface area contributed by atoms with Gasteiger partial charge in [0.1, 0.15) is 21.9 Å². The Morgan fingerprint density at radius 2 is 1.27 bits per heavy atom. The molecule has 2 atom stereocenters. The normalized spacial score (nSPS) is 20.5. The summed E-state index contributed by atoms with van der Waals surface area (Å²) in [5.41, 5.74) is 6.67. The number of benzene rings is 2. The highest BCUT2D eigenvalue weighted by Crippen LogP contribution is 2.32. The van der Waals surface area contributed by atoms with Crippen molar-refractivity contribution in [3.8, 4) is 33.6 Å². The van der Waals surface area contributed by atoms with E-state index in [2.05, 4.69) is 90.0 Å². The number of halogens is 1. The van der Waals surface area contributed by atoms with Crippen LogP contribution in [-0.2, 0) is 0 Å². The van der Waals surface area contributed by atoms with Crippen LogP contribution in [-0.4, -0.2) is 33.0 Å². The topological polar surface area (TPSA) is 81.4 Å². The minimum absolute atomic E-state index is 0.327. The fourth-order valence-electron chi connectivity index (χ4n) is 4.88. The SMILES string of the molecule is Brc1[nH]c([C@@H]2CCCN2)nc1-c1ccc(-c2ccc(-c3cnc([C@@H]4CCCN4)[nH]3)cc2)cc1. The van der Waals surface area contributed by atoms with Crippen molar-refractivity contribution < 1.29 is 0 Å². The number of aromatic amines is 2. The molecule has 4 heterocycles. The van der Waals surface area contributed by atoms with E-state index in [9.17, 15) is 0 Å². The summed E-state index contributed by atoms with van der Waals surface area (Å²) in [6.07, 6.45) is 6.63. The van der Waals surface area contributed by atoms with Crippen molar-refractivity contribution in [2.75, 3.05) is 13.1 Å². The zero-order valence-corrected chi connectivity index (χ0v) is 20.0. The van der Waals surface area contributed by atoms with Crippen molar-refractivity contribution in [2.24, 2.45) is 0 Å². The molecule has 4 aromatic rings. The van der Waals surface area contributed by atoms with Crippen LogP contribution in [0, 0.1) is 0 Å². The molecule has 0 unspecified atom stereocenters. The maximum atomic E-state index is 4.86. The molecule has 0 aliphatic carbocycles. The molecule has 4 N–H and O–H groups in total. The van der Waals surface area contributed by atoms with Crippen LogP contribution < -0.4 is 10.6 Å². The van der Waals surface area contributed by atoms with Gasteiger partial charge in [-0.1, -0.05) is 48.5 Å². The predicted molar refractivity (Wildman–Crippen MR) is 135 cm³/mol. The van der Waals surface area contributed by atoms with Crippen molar-refractivity contribution in [3.63, 3.8) is 0 Å². The van der Waals surface area contributed by atoms with Crippen LogP contribution in [0.3, 0.4) is 0 Å². The maximum absolute atomic E-state index is 4.86. The third kappa shape index (κ3) is 4.16. The Morgan fingerprint density at radius 3 is 1.88 bits per heavy atom. The minimum Gasteiger partial charge on any atom is -0.341 e. The Hall–Kier alpha value is -2.74. The largest absolute Gasteiger partial charge is 0.341 e. The van der Waals surface area contributed by atoms with Crippen molar-refractivity contribution >= 4 is 15.9 Å². The highest BCUT2D eigenvalue weighted by atomic mass is 79.9. The van der Waals surface area contributed by atoms with Gasteiger partial charge in [-0.2, -0.15) is 0 Å². The second kappa shape index (κ2) is 8.89. The molecular formula is C26H27BrN6. The molecule has 0 bridgehead atoms. The predicted octanol–water partition coefficient (Wildman–Crippen LogP) is 5.75. The third-order valence-corrected chi connectivity index (χ3v) is 7.32. The van der Waals surface area contributed by atoms with Crippen molar-refractivity contribution in [2.45, 2.75) is 37.8 Å². The Morgan fingerprint density at radius 1 is 0.697 bits per heavy atom. The van der Waals surface area contributed by atoms with E-state index in [1.54, 1.807) is 0 Å². The van der Waals surface area contributed by atoms with Gasteiger partial charge >= 0.3 is 0 Å². The molecule has 168 valence electrons. The van der Waals surface area contributed by atoms with Crippen molar-refractivity contribution in [1.82, 2.24) is 30.6 Å². The van der Waals surface area contributed by atoms with Gasteiger partial charge in [0.15, 0.2) is 0 Å². The first-order chi connectivity index (χ1) is 16.2. The van der Waals surface area contributed by atoms with E-state index in [0.29, 0.717) is 12.1 Å². The summed E-state index contributed by atoms with van der Waals surface area (Å²) in [4.78, 5) is 16.3. The lowest BCUT2D eigenvalue weighted by atomic mass is 10.0. The summed E-state index contributed by atoms with van der Waals surface area (Å²) in [7, 11) is 0. The molecule has 2 aromatic heterocycles. The molecule has 7 heteroatoms. The average Bonchev–Trinajstić information content (AvgIpc) is 3.66. The number of nitrogens with zero attached hydrogens (tertiary/aromatic N) is 2. The van der Waals surface area contributed by atoms with Crippen LogP contribution in [0.25, 0.3) is 33.6 Å². The second-order valence-electron chi connectivity index (χ2n) is 8.92. The summed E-state index contributed by atoms with van der Waals surface area (Å²) in [5.74, 6) is 2.05. The fourth-order valence-corrected chi connectivity index (χ4v) is 5.41. The van der Waals surface area contributed by atoms with Gasteiger partial charge in [-0.25, -0.2) is 9.97 Å². The van der Waals surface area contributed by atoms with Crippen LogP contribution in [0.5, 0.6) is 0 Å². The van der Waals surface area contributed by atoms with E-state index in [4.69, 9.17) is 4.98 Å². The fraction of sp³-hybridized carbons (Fsp3) is 0.308. The summed E-state index contributed by atoms with van der Waals surface area (Å²) in [5, 5.41) is 7.00. The summed E-state index contributed by atoms with van der Waals surface area (Å²) < 4.78 is 0.940. The van der Waals surface area contributed by atoms with E-state index in [1.165, 1.54) is 24.0 Å². The van der Waals surface area contributed by atoms with E-state index in [-0.39, 0.29) is 0 Å². The molecule has 2 fully saturated rings. The molecule has 2 aromatic carbocycles. The minimum atomic E-state index is 0.327. The van der Waals surface area contributed by atoms with Gasteiger partial charge in [-0.05, 0) is 71.4 Å². The number of nitrogens with one attached hydrogen (secondary N) is 4. The highest BCUT2D eigenvalue weighted by Gasteiger charge is 2.22.